The first kappa shape index (κ1) is 21.1. The molecule has 7 nitrogen and oxygen atoms in total. The van der Waals surface area contributed by atoms with Gasteiger partial charge in [0.25, 0.3) is 5.91 Å². The van der Waals surface area contributed by atoms with Crippen LogP contribution in [0.2, 0.25) is 0 Å². The Labute approximate surface area is 174 Å². The van der Waals surface area contributed by atoms with Crippen molar-refractivity contribution in [2.24, 2.45) is 0 Å². The average molecular weight is 409 g/mol. The maximum absolute atomic E-state index is 12.6. The monoisotopic (exact) mass is 409 g/mol. The number of amides is 1. The lowest BCUT2D eigenvalue weighted by atomic mass is 10.1. The fourth-order valence-corrected chi connectivity index (χ4v) is 2.98. The molecule has 1 N–H and O–H groups in total. The first-order valence-electron chi connectivity index (χ1n) is 9.59. The summed E-state index contributed by atoms with van der Waals surface area (Å²) in [4.78, 5) is 36.5. The van der Waals surface area contributed by atoms with E-state index in [9.17, 15) is 14.4 Å². The fourth-order valence-electron chi connectivity index (χ4n) is 2.98. The molecule has 0 saturated heterocycles. The summed E-state index contributed by atoms with van der Waals surface area (Å²) < 4.78 is 16.4. The van der Waals surface area contributed by atoms with Gasteiger partial charge in [0.2, 0.25) is 5.76 Å². The van der Waals surface area contributed by atoms with E-state index in [1.807, 2.05) is 6.92 Å². The molecule has 1 atom stereocenters. The van der Waals surface area contributed by atoms with Gasteiger partial charge in [-0.3, -0.25) is 9.59 Å². The summed E-state index contributed by atoms with van der Waals surface area (Å²) >= 11 is 0. The van der Waals surface area contributed by atoms with E-state index in [0.29, 0.717) is 34.8 Å². The maximum Gasteiger partial charge on any atom is 0.375 e. The second kappa shape index (κ2) is 8.82. The molecule has 0 radical (unpaired) electrons. The highest BCUT2D eigenvalue weighted by Gasteiger charge is 2.24. The quantitative estimate of drug-likeness (QED) is 0.455. The zero-order valence-corrected chi connectivity index (χ0v) is 17.3. The molecule has 0 aliphatic carbocycles. The van der Waals surface area contributed by atoms with Crippen molar-refractivity contribution in [3.05, 3.63) is 59.4 Å². The van der Waals surface area contributed by atoms with Crippen LogP contribution in [0.25, 0.3) is 11.0 Å². The van der Waals surface area contributed by atoms with E-state index < -0.39 is 18.0 Å². The van der Waals surface area contributed by atoms with Crippen LogP contribution in [0.4, 0.5) is 5.69 Å². The van der Waals surface area contributed by atoms with Crippen molar-refractivity contribution in [1.29, 1.82) is 0 Å². The van der Waals surface area contributed by atoms with E-state index in [0.717, 1.165) is 5.39 Å². The predicted molar refractivity (Wildman–Crippen MR) is 112 cm³/mol. The average Bonchev–Trinajstić information content (AvgIpc) is 3.04. The number of hydrogen-bond donors (Lipinski definition) is 1. The van der Waals surface area contributed by atoms with Gasteiger partial charge in [-0.15, -0.1) is 0 Å². The number of ketones is 1. The number of rotatable bonds is 7. The molecule has 3 aromatic rings. The third-order valence-corrected chi connectivity index (χ3v) is 4.59. The third kappa shape index (κ3) is 4.51. The summed E-state index contributed by atoms with van der Waals surface area (Å²) in [7, 11) is 0. The maximum atomic E-state index is 12.6. The number of carbonyl (C=O) groups is 3. The summed E-state index contributed by atoms with van der Waals surface area (Å²) in [5, 5.41) is 3.38. The molecule has 0 spiro atoms. The molecule has 156 valence electrons. The van der Waals surface area contributed by atoms with Gasteiger partial charge in [-0.1, -0.05) is 12.1 Å². The minimum Gasteiger partial charge on any atom is -0.494 e. The third-order valence-electron chi connectivity index (χ3n) is 4.59. The smallest absolute Gasteiger partial charge is 0.375 e. The van der Waals surface area contributed by atoms with Crippen molar-refractivity contribution in [2.45, 2.75) is 33.8 Å². The summed E-state index contributed by atoms with van der Waals surface area (Å²) in [5.41, 5.74) is 2.06. The molecule has 1 aromatic heterocycles. The molecular formula is C23H23NO6. The Hall–Kier alpha value is -3.61. The van der Waals surface area contributed by atoms with Crippen LogP contribution in [0.15, 0.2) is 46.9 Å². The lowest BCUT2D eigenvalue weighted by Crippen LogP contribution is -2.30. The Morgan fingerprint density at radius 2 is 1.90 bits per heavy atom. The minimum atomic E-state index is -1.06. The van der Waals surface area contributed by atoms with Gasteiger partial charge >= 0.3 is 5.97 Å². The van der Waals surface area contributed by atoms with Gasteiger partial charge in [-0.2, -0.15) is 0 Å². The molecule has 0 aliphatic rings. The second-order valence-electron chi connectivity index (χ2n) is 6.82. The minimum absolute atomic E-state index is 0.0388. The normalized spacial score (nSPS) is 11.7. The molecular weight excluding hydrogens is 386 g/mol. The summed E-state index contributed by atoms with van der Waals surface area (Å²) in [6.07, 6.45) is -1.06. The molecule has 0 aliphatic heterocycles. The zero-order valence-electron chi connectivity index (χ0n) is 17.3. The van der Waals surface area contributed by atoms with Gasteiger partial charge in [-0.05, 0) is 58.0 Å². The van der Waals surface area contributed by atoms with Crippen LogP contribution in [0.5, 0.6) is 5.75 Å². The van der Waals surface area contributed by atoms with Crippen LogP contribution < -0.4 is 10.1 Å². The molecule has 0 unspecified atom stereocenters. The van der Waals surface area contributed by atoms with Crippen molar-refractivity contribution in [3.8, 4) is 5.75 Å². The lowest BCUT2D eigenvalue weighted by molar-refractivity contribution is -0.123. The standard InChI is InChI=1S/C23H23NO6/c1-5-28-18-9-10-20-19(12-18)13(2)21(30-20)23(27)29-15(4)22(26)24-17-8-6-7-16(11-17)14(3)25/h6-12,15H,5H2,1-4H3,(H,24,26)/t15-/m0/s1. The number of hydrogen-bond acceptors (Lipinski definition) is 6. The van der Waals surface area contributed by atoms with Crippen molar-refractivity contribution in [2.75, 3.05) is 11.9 Å². The number of nitrogens with one attached hydrogen (secondary N) is 1. The van der Waals surface area contributed by atoms with Gasteiger partial charge in [0.05, 0.1) is 6.61 Å². The highest BCUT2D eigenvalue weighted by molar-refractivity contribution is 6.00. The Kier molecular flexibility index (Phi) is 6.20. The Balaban J connectivity index is 1.72. The van der Waals surface area contributed by atoms with Crippen molar-refractivity contribution >= 4 is 34.3 Å². The summed E-state index contributed by atoms with van der Waals surface area (Å²) in [5.74, 6) is -0.650. The van der Waals surface area contributed by atoms with Crippen LogP contribution in [-0.2, 0) is 9.53 Å². The highest BCUT2D eigenvalue weighted by Crippen LogP contribution is 2.29. The Morgan fingerprint density at radius 1 is 1.13 bits per heavy atom. The van der Waals surface area contributed by atoms with E-state index in [-0.39, 0.29) is 11.5 Å². The van der Waals surface area contributed by atoms with E-state index >= 15 is 0 Å². The van der Waals surface area contributed by atoms with Crippen molar-refractivity contribution < 1.29 is 28.3 Å². The number of furan rings is 1. The first-order valence-corrected chi connectivity index (χ1v) is 9.59. The van der Waals surface area contributed by atoms with E-state index in [1.54, 1.807) is 49.4 Å². The Morgan fingerprint density at radius 3 is 2.60 bits per heavy atom. The van der Waals surface area contributed by atoms with Crippen molar-refractivity contribution in [1.82, 2.24) is 0 Å². The number of ether oxygens (including phenoxy) is 2. The van der Waals surface area contributed by atoms with Crippen LogP contribution >= 0.6 is 0 Å². The van der Waals surface area contributed by atoms with E-state index in [2.05, 4.69) is 5.32 Å². The molecule has 3 rings (SSSR count). The summed E-state index contributed by atoms with van der Waals surface area (Å²) in [6.45, 7) is 7.07. The number of fused-ring (bicyclic) bond motifs is 1. The van der Waals surface area contributed by atoms with Gasteiger partial charge in [0, 0.05) is 22.2 Å². The molecule has 1 amide bonds. The molecule has 0 fully saturated rings. The van der Waals surface area contributed by atoms with Crippen LogP contribution in [0, 0.1) is 6.92 Å². The molecule has 30 heavy (non-hydrogen) atoms. The van der Waals surface area contributed by atoms with E-state index in [4.69, 9.17) is 13.9 Å². The largest absolute Gasteiger partial charge is 0.494 e. The number of carbonyl (C=O) groups excluding carboxylic acids is 3. The predicted octanol–water partition coefficient (Wildman–Crippen LogP) is 4.53. The number of aryl methyl sites for hydroxylation is 1. The highest BCUT2D eigenvalue weighted by atomic mass is 16.6. The van der Waals surface area contributed by atoms with Gasteiger partial charge < -0.3 is 19.2 Å². The molecule has 0 saturated carbocycles. The molecule has 0 bridgehead atoms. The zero-order chi connectivity index (χ0) is 21.8. The lowest BCUT2D eigenvalue weighted by Gasteiger charge is -2.13. The molecule has 2 aromatic carbocycles. The van der Waals surface area contributed by atoms with Crippen molar-refractivity contribution in [3.63, 3.8) is 0 Å². The molecule has 1 heterocycles. The number of Topliss-reactive ketones (excluding diaryl/α,β-unsaturated/α-hetero) is 1. The van der Waals surface area contributed by atoms with Gasteiger partial charge in [0.1, 0.15) is 11.3 Å². The van der Waals surface area contributed by atoms with Gasteiger partial charge in [-0.25, -0.2) is 4.79 Å². The number of benzene rings is 2. The van der Waals surface area contributed by atoms with Crippen LogP contribution in [-0.4, -0.2) is 30.4 Å². The molecule has 7 heteroatoms. The number of anilines is 1. The topological polar surface area (TPSA) is 94.8 Å². The fraction of sp³-hybridized carbons (Fsp3) is 0.261. The van der Waals surface area contributed by atoms with Gasteiger partial charge in [0.15, 0.2) is 11.9 Å². The van der Waals surface area contributed by atoms with E-state index in [1.165, 1.54) is 13.8 Å². The number of esters is 1. The van der Waals surface area contributed by atoms with Crippen LogP contribution in [0.3, 0.4) is 0 Å². The summed E-state index contributed by atoms with van der Waals surface area (Å²) in [6, 6.07) is 11.8. The second-order valence-corrected chi connectivity index (χ2v) is 6.82. The SMILES string of the molecule is CCOc1ccc2oc(C(=O)O[C@@H](C)C(=O)Nc3cccc(C(C)=O)c3)c(C)c2c1. The Bertz CT molecular complexity index is 1110. The first-order chi connectivity index (χ1) is 14.3. The van der Waals surface area contributed by atoms with Crippen LogP contribution in [0.1, 0.15) is 47.2 Å².